The fraction of sp³-hybridized carbons (Fsp3) is 0.273. The lowest BCUT2D eigenvalue weighted by atomic mass is 10.2. The Morgan fingerprint density at radius 1 is 1.50 bits per heavy atom. The summed E-state index contributed by atoms with van der Waals surface area (Å²) in [5.74, 6) is -0.123. The largest absolute Gasteiger partial charge is 0.494 e. The van der Waals surface area contributed by atoms with Gasteiger partial charge in [-0.25, -0.2) is 0 Å². The predicted octanol–water partition coefficient (Wildman–Crippen LogP) is 1.82. The van der Waals surface area contributed by atoms with E-state index in [2.05, 4.69) is 0 Å². The van der Waals surface area contributed by atoms with E-state index in [1.807, 2.05) is 6.92 Å². The van der Waals surface area contributed by atoms with Gasteiger partial charge in [0.2, 0.25) is 6.29 Å². The smallest absolute Gasteiger partial charge is 0.290 e. The van der Waals surface area contributed by atoms with Gasteiger partial charge in [-0.15, -0.1) is 0 Å². The van der Waals surface area contributed by atoms with E-state index in [9.17, 15) is 9.59 Å². The third kappa shape index (κ3) is 2.33. The highest BCUT2D eigenvalue weighted by Crippen LogP contribution is 2.34. The summed E-state index contributed by atoms with van der Waals surface area (Å²) in [5, 5.41) is 0.485. The molecule has 0 aromatic heterocycles. The summed E-state index contributed by atoms with van der Waals surface area (Å²) in [6.45, 7) is 1.81. The van der Waals surface area contributed by atoms with Crippen molar-refractivity contribution >= 4 is 29.5 Å². The second kappa shape index (κ2) is 4.99. The Hall–Kier alpha value is -1.55. The summed E-state index contributed by atoms with van der Waals surface area (Å²) in [4.78, 5) is 22.9. The van der Waals surface area contributed by atoms with Gasteiger partial charge in [-0.2, -0.15) is 0 Å². The second-order valence-corrected chi connectivity index (χ2v) is 3.73. The Labute approximate surface area is 98.8 Å². The number of nitrogens with zero attached hydrogens (tertiary/aromatic N) is 1. The average molecular weight is 242 g/mol. The van der Waals surface area contributed by atoms with E-state index in [-0.39, 0.29) is 6.29 Å². The molecule has 0 aliphatic heterocycles. The molecule has 16 heavy (non-hydrogen) atoms. The van der Waals surface area contributed by atoms with E-state index in [1.165, 1.54) is 19.1 Å². The fourth-order valence-corrected chi connectivity index (χ4v) is 1.69. The first-order chi connectivity index (χ1) is 7.51. The molecule has 0 fully saturated rings. The van der Waals surface area contributed by atoms with Crippen LogP contribution in [-0.2, 0) is 9.59 Å². The van der Waals surface area contributed by atoms with Crippen molar-refractivity contribution in [3.63, 3.8) is 0 Å². The molecule has 0 saturated heterocycles. The summed E-state index contributed by atoms with van der Waals surface area (Å²) in [6, 6.07) is 3.30. The number of ether oxygens (including phenoxy) is 1. The number of aldehydes is 1. The molecule has 1 aromatic rings. The van der Waals surface area contributed by atoms with Gasteiger partial charge in [0, 0.05) is 12.1 Å². The molecule has 0 heterocycles. The third-order valence-corrected chi connectivity index (χ3v) is 2.43. The van der Waals surface area contributed by atoms with E-state index >= 15 is 0 Å². The molecule has 4 nitrogen and oxygen atoms in total. The van der Waals surface area contributed by atoms with Crippen LogP contribution in [0.4, 0.5) is 5.69 Å². The number of rotatable bonds is 3. The first-order valence-corrected chi connectivity index (χ1v) is 4.96. The van der Waals surface area contributed by atoms with Crippen LogP contribution in [0.15, 0.2) is 12.1 Å². The van der Waals surface area contributed by atoms with Crippen molar-refractivity contribution in [3.8, 4) is 5.75 Å². The number of amides is 1. The number of benzene rings is 1. The topological polar surface area (TPSA) is 46.6 Å². The van der Waals surface area contributed by atoms with Crippen LogP contribution >= 0.6 is 11.6 Å². The molecule has 0 bridgehead atoms. The monoisotopic (exact) mass is 241 g/mol. The summed E-state index contributed by atoms with van der Waals surface area (Å²) in [6.07, 6.45) is 0.246. The highest BCUT2D eigenvalue weighted by molar-refractivity contribution is 6.32. The molecular formula is C11H12ClNO3. The minimum Gasteiger partial charge on any atom is -0.494 e. The zero-order valence-corrected chi connectivity index (χ0v) is 10.0. The summed E-state index contributed by atoms with van der Waals surface area (Å²) in [7, 11) is 2.99. The zero-order valence-electron chi connectivity index (χ0n) is 9.28. The standard InChI is InChI=1S/C11H12ClNO3/c1-7-4-8(12)5-9(11(7)16-3)13(2)10(15)6-14/h4-6H,1-3H3. The molecule has 1 amide bonds. The van der Waals surface area contributed by atoms with Gasteiger partial charge >= 0.3 is 0 Å². The van der Waals surface area contributed by atoms with Gasteiger partial charge in [-0.3, -0.25) is 9.59 Å². The molecule has 86 valence electrons. The fourth-order valence-electron chi connectivity index (χ4n) is 1.42. The number of aryl methyl sites for hydroxylation is 1. The van der Waals surface area contributed by atoms with Crippen LogP contribution in [0.3, 0.4) is 0 Å². The maximum Gasteiger partial charge on any atom is 0.290 e. The van der Waals surface area contributed by atoms with Crippen LogP contribution in [0.25, 0.3) is 0 Å². The molecule has 0 atom stereocenters. The van der Waals surface area contributed by atoms with Crippen molar-refractivity contribution < 1.29 is 14.3 Å². The van der Waals surface area contributed by atoms with Gasteiger partial charge < -0.3 is 9.64 Å². The molecule has 0 spiro atoms. The first-order valence-electron chi connectivity index (χ1n) is 4.58. The minimum absolute atomic E-state index is 0.246. The molecule has 0 radical (unpaired) electrons. The zero-order chi connectivity index (χ0) is 12.3. The third-order valence-electron chi connectivity index (χ3n) is 2.22. The number of carbonyl (C=O) groups is 2. The Morgan fingerprint density at radius 2 is 2.12 bits per heavy atom. The quantitative estimate of drug-likeness (QED) is 0.599. The van der Waals surface area contributed by atoms with Gasteiger partial charge in [-0.1, -0.05) is 11.6 Å². The van der Waals surface area contributed by atoms with Crippen LogP contribution in [0.5, 0.6) is 5.75 Å². The van der Waals surface area contributed by atoms with E-state index in [4.69, 9.17) is 16.3 Å². The number of hydrogen-bond acceptors (Lipinski definition) is 3. The van der Waals surface area contributed by atoms with E-state index in [0.717, 1.165) is 5.56 Å². The Morgan fingerprint density at radius 3 is 2.62 bits per heavy atom. The molecule has 0 N–H and O–H groups in total. The minimum atomic E-state index is -0.653. The van der Waals surface area contributed by atoms with Crippen LogP contribution in [0.1, 0.15) is 5.56 Å². The number of carbonyl (C=O) groups excluding carboxylic acids is 2. The van der Waals surface area contributed by atoms with Crippen molar-refractivity contribution in [2.75, 3.05) is 19.1 Å². The normalized spacial score (nSPS) is 9.75. The lowest BCUT2D eigenvalue weighted by molar-refractivity contribution is -0.129. The molecule has 1 rings (SSSR count). The van der Waals surface area contributed by atoms with Crippen LogP contribution in [0, 0.1) is 6.92 Å². The Balaban J connectivity index is 3.30. The van der Waals surface area contributed by atoms with Crippen molar-refractivity contribution in [1.29, 1.82) is 0 Å². The van der Waals surface area contributed by atoms with Gasteiger partial charge in [-0.05, 0) is 24.6 Å². The van der Waals surface area contributed by atoms with Crippen LogP contribution in [-0.4, -0.2) is 26.4 Å². The van der Waals surface area contributed by atoms with E-state index in [1.54, 1.807) is 12.1 Å². The van der Waals surface area contributed by atoms with Gasteiger partial charge in [0.25, 0.3) is 5.91 Å². The number of hydrogen-bond donors (Lipinski definition) is 0. The van der Waals surface area contributed by atoms with Gasteiger partial charge in [0.15, 0.2) is 0 Å². The van der Waals surface area contributed by atoms with Crippen LogP contribution in [0.2, 0.25) is 5.02 Å². The Kier molecular flexibility index (Phi) is 3.90. The molecule has 0 aliphatic carbocycles. The summed E-state index contributed by atoms with van der Waals surface area (Å²) < 4.78 is 5.18. The maximum absolute atomic E-state index is 11.3. The molecular weight excluding hydrogens is 230 g/mol. The average Bonchev–Trinajstić information content (AvgIpc) is 2.26. The van der Waals surface area contributed by atoms with Gasteiger partial charge in [0.1, 0.15) is 5.75 Å². The number of anilines is 1. The number of halogens is 1. The second-order valence-electron chi connectivity index (χ2n) is 3.29. The number of methoxy groups -OCH3 is 1. The van der Waals surface area contributed by atoms with Crippen LogP contribution < -0.4 is 9.64 Å². The Bertz CT molecular complexity index is 431. The van der Waals surface area contributed by atoms with Gasteiger partial charge in [0.05, 0.1) is 12.8 Å². The lowest BCUT2D eigenvalue weighted by Gasteiger charge is -2.19. The van der Waals surface area contributed by atoms with E-state index in [0.29, 0.717) is 16.5 Å². The van der Waals surface area contributed by atoms with Crippen molar-refractivity contribution in [2.24, 2.45) is 0 Å². The molecule has 1 aromatic carbocycles. The van der Waals surface area contributed by atoms with Crippen molar-refractivity contribution in [3.05, 3.63) is 22.7 Å². The number of likely N-dealkylation sites (N-methyl/N-ethyl adjacent to an activating group) is 1. The highest BCUT2D eigenvalue weighted by Gasteiger charge is 2.16. The van der Waals surface area contributed by atoms with E-state index < -0.39 is 5.91 Å². The van der Waals surface area contributed by atoms with Crippen molar-refractivity contribution in [1.82, 2.24) is 0 Å². The molecule has 5 heteroatoms. The molecule has 0 aliphatic rings. The maximum atomic E-state index is 11.3. The summed E-state index contributed by atoms with van der Waals surface area (Å²) in [5.41, 5.74) is 1.28. The van der Waals surface area contributed by atoms with Crippen molar-refractivity contribution in [2.45, 2.75) is 6.92 Å². The summed E-state index contributed by atoms with van der Waals surface area (Å²) >= 11 is 5.89. The predicted molar refractivity (Wildman–Crippen MR) is 62.2 cm³/mol. The highest BCUT2D eigenvalue weighted by atomic mass is 35.5. The lowest BCUT2D eigenvalue weighted by Crippen LogP contribution is -2.27. The first kappa shape index (κ1) is 12.5. The SMILES string of the molecule is COc1c(C)cc(Cl)cc1N(C)C(=O)C=O. The molecule has 0 saturated carbocycles. The molecule has 0 unspecified atom stereocenters.